The van der Waals surface area contributed by atoms with Gasteiger partial charge in [0.1, 0.15) is 5.82 Å². The van der Waals surface area contributed by atoms with Crippen LogP contribution in [0.25, 0.3) is 11.1 Å². The molecule has 0 unspecified atom stereocenters. The van der Waals surface area contributed by atoms with Crippen molar-refractivity contribution in [2.24, 2.45) is 0 Å². The van der Waals surface area contributed by atoms with Gasteiger partial charge in [-0.3, -0.25) is 0 Å². The molecule has 0 aliphatic heterocycles. The normalized spacial score (nSPS) is 10.6. The Morgan fingerprint density at radius 1 is 1.06 bits per heavy atom. The Hall–Kier alpha value is -2.04. The first-order chi connectivity index (χ1) is 8.16. The van der Waals surface area contributed by atoms with Crippen LogP contribution < -0.4 is 4.74 Å². The molecule has 88 valence electrons. The van der Waals surface area contributed by atoms with E-state index in [0.717, 1.165) is 0 Å². The van der Waals surface area contributed by atoms with Crippen LogP contribution in [0.5, 0.6) is 5.88 Å². The van der Waals surface area contributed by atoms with Crippen molar-refractivity contribution in [1.82, 2.24) is 4.98 Å². The van der Waals surface area contributed by atoms with E-state index in [1.165, 1.54) is 24.4 Å². The van der Waals surface area contributed by atoms with Crippen LogP contribution in [0.15, 0.2) is 42.6 Å². The van der Waals surface area contributed by atoms with Gasteiger partial charge in [-0.2, -0.15) is 8.78 Å². The number of ether oxygens (including phenoxy) is 1. The zero-order chi connectivity index (χ0) is 12.3. The Morgan fingerprint density at radius 3 is 2.41 bits per heavy atom. The van der Waals surface area contributed by atoms with Crippen molar-refractivity contribution < 1.29 is 17.9 Å². The van der Waals surface area contributed by atoms with Crippen molar-refractivity contribution in [2.75, 3.05) is 0 Å². The second kappa shape index (κ2) is 4.86. The summed E-state index contributed by atoms with van der Waals surface area (Å²) in [5.41, 5.74) is 0.869. The number of alkyl halides is 2. The molecule has 17 heavy (non-hydrogen) atoms. The van der Waals surface area contributed by atoms with Crippen molar-refractivity contribution in [2.45, 2.75) is 6.61 Å². The Balaban J connectivity index is 2.27. The van der Waals surface area contributed by atoms with Gasteiger partial charge < -0.3 is 4.74 Å². The zero-order valence-electron chi connectivity index (χ0n) is 8.61. The summed E-state index contributed by atoms with van der Waals surface area (Å²) >= 11 is 0. The average Bonchev–Trinajstić information content (AvgIpc) is 2.30. The molecule has 0 aliphatic rings. The van der Waals surface area contributed by atoms with Gasteiger partial charge in [0.25, 0.3) is 0 Å². The second-order valence-corrected chi connectivity index (χ2v) is 3.24. The minimum Gasteiger partial charge on any atom is -0.417 e. The zero-order valence-corrected chi connectivity index (χ0v) is 8.61. The van der Waals surface area contributed by atoms with Gasteiger partial charge in [-0.1, -0.05) is 18.2 Å². The number of hydrogen-bond donors (Lipinski definition) is 0. The van der Waals surface area contributed by atoms with Crippen LogP contribution >= 0.6 is 0 Å². The summed E-state index contributed by atoms with van der Waals surface area (Å²) in [7, 11) is 0. The number of aromatic nitrogens is 1. The van der Waals surface area contributed by atoms with Gasteiger partial charge in [0.05, 0.1) is 0 Å². The molecular formula is C12H8F3NO. The highest BCUT2D eigenvalue weighted by atomic mass is 19.3. The SMILES string of the molecule is Fc1ccccc1-c1ccc(OC(F)F)nc1. The van der Waals surface area contributed by atoms with Crippen LogP contribution in [0.4, 0.5) is 13.2 Å². The molecule has 2 aromatic rings. The molecule has 0 spiro atoms. The summed E-state index contributed by atoms with van der Waals surface area (Å²) in [5.74, 6) is -0.586. The average molecular weight is 239 g/mol. The van der Waals surface area contributed by atoms with Gasteiger partial charge in [0.2, 0.25) is 5.88 Å². The van der Waals surface area contributed by atoms with Crippen LogP contribution in [0, 0.1) is 5.82 Å². The van der Waals surface area contributed by atoms with E-state index in [9.17, 15) is 13.2 Å². The lowest BCUT2D eigenvalue weighted by Crippen LogP contribution is -2.03. The van der Waals surface area contributed by atoms with E-state index >= 15 is 0 Å². The first-order valence-electron chi connectivity index (χ1n) is 4.82. The highest BCUT2D eigenvalue weighted by Crippen LogP contribution is 2.23. The summed E-state index contributed by atoms with van der Waals surface area (Å²) in [6.45, 7) is -2.91. The van der Waals surface area contributed by atoms with Crippen molar-refractivity contribution in [3.8, 4) is 17.0 Å². The predicted molar refractivity (Wildman–Crippen MR) is 56.3 cm³/mol. The molecule has 0 N–H and O–H groups in total. The van der Waals surface area contributed by atoms with Gasteiger partial charge >= 0.3 is 6.61 Å². The standard InChI is InChI=1S/C12H8F3NO/c13-10-4-2-1-3-9(10)8-5-6-11(16-7-8)17-12(14)15/h1-7,12H. The second-order valence-electron chi connectivity index (χ2n) is 3.24. The molecule has 0 radical (unpaired) electrons. The van der Waals surface area contributed by atoms with Crippen molar-refractivity contribution in [3.63, 3.8) is 0 Å². The molecule has 2 nitrogen and oxygen atoms in total. The number of halogens is 3. The Kier molecular flexibility index (Phi) is 3.27. The van der Waals surface area contributed by atoms with Crippen LogP contribution in [0.2, 0.25) is 0 Å². The van der Waals surface area contributed by atoms with Gasteiger partial charge in [-0.05, 0) is 12.1 Å². The predicted octanol–water partition coefficient (Wildman–Crippen LogP) is 3.49. The number of nitrogens with zero attached hydrogens (tertiary/aromatic N) is 1. The van der Waals surface area contributed by atoms with Gasteiger partial charge in [0.15, 0.2) is 0 Å². The lowest BCUT2D eigenvalue weighted by molar-refractivity contribution is -0.0528. The molecule has 1 aromatic carbocycles. The van der Waals surface area contributed by atoms with Crippen LogP contribution in [0.1, 0.15) is 0 Å². The minimum atomic E-state index is -2.91. The van der Waals surface area contributed by atoms with Gasteiger partial charge in [-0.25, -0.2) is 9.37 Å². The minimum absolute atomic E-state index is 0.194. The molecule has 0 saturated carbocycles. The third-order valence-corrected chi connectivity index (χ3v) is 2.13. The van der Waals surface area contributed by atoms with E-state index in [2.05, 4.69) is 9.72 Å². The van der Waals surface area contributed by atoms with Crippen molar-refractivity contribution in [3.05, 3.63) is 48.4 Å². The fourth-order valence-corrected chi connectivity index (χ4v) is 1.40. The molecule has 0 atom stereocenters. The quantitative estimate of drug-likeness (QED) is 0.817. The summed E-state index contributed by atoms with van der Waals surface area (Å²) in [6, 6.07) is 8.90. The smallest absolute Gasteiger partial charge is 0.388 e. The lowest BCUT2D eigenvalue weighted by Gasteiger charge is -2.05. The molecule has 0 fully saturated rings. The maximum absolute atomic E-state index is 13.4. The van der Waals surface area contributed by atoms with E-state index in [1.807, 2.05) is 0 Å². The van der Waals surface area contributed by atoms with Crippen LogP contribution in [-0.4, -0.2) is 11.6 Å². The van der Waals surface area contributed by atoms with E-state index in [4.69, 9.17) is 0 Å². The van der Waals surface area contributed by atoms with Crippen molar-refractivity contribution >= 4 is 0 Å². The maximum atomic E-state index is 13.4. The fraction of sp³-hybridized carbons (Fsp3) is 0.0833. The third kappa shape index (κ3) is 2.75. The van der Waals surface area contributed by atoms with E-state index in [1.54, 1.807) is 18.2 Å². The molecule has 2 rings (SSSR count). The molecule has 0 bridgehead atoms. The molecule has 1 aromatic heterocycles. The molecule has 5 heteroatoms. The third-order valence-electron chi connectivity index (χ3n) is 2.13. The van der Waals surface area contributed by atoms with Crippen LogP contribution in [-0.2, 0) is 0 Å². The molecule has 1 heterocycles. The summed E-state index contributed by atoms with van der Waals surface area (Å²) in [6.07, 6.45) is 1.29. The van der Waals surface area contributed by atoms with Crippen molar-refractivity contribution in [1.29, 1.82) is 0 Å². The number of hydrogen-bond acceptors (Lipinski definition) is 2. The Morgan fingerprint density at radius 2 is 1.82 bits per heavy atom. The van der Waals surface area contributed by atoms with Gasteiger partial charge in [-0.15, -0.1) is 0 Å². The largest absolute Gasteiger partial charge is 0.417 e. The Bertz CT molecular complexity index is 499. The van der Waals surface area contributed by atoms with Crippen LogP contribution in [0.3, 0.4) is 0 Å². The molecular weight excluding hydrogens is 231 g/mol. The number of benzene rings is 1. The van der Waals surface area contributed by atoms with E-state index < -0.39 is 12.4 Å². The van der Waals surface area contributed by atoms with E-state index in [0.29, 0.717) is 11.1 Å². The van der Waals surface area contributed by atoms with Gasteiger partial charge in [0, 0.05) is 23.4 Å². The fourth-order valence-electron chi connectivity index (χ4n) is 1.40. The first-order valence-corrected chi connectivity index (χ1v) is 4.82. The molecule has 0 aliphatic carbocycles. The molecule has 0 amide bonds. The summed E-state index contributed by atoms with van der Waals surface area (Å²) in [5, 5.41) is 0. The highest BCUT2D eigenvalue weighted by Gasteiger charge is 2.07. The monoisotopic (exact) mass is 239 g/mol. The topological polar surface area (TPSA) is 22.1 Å². The lowest BCUT2D eigenvalue weighted by atomic mass is 10.1. The first kappa shape index (κ1) is 11.4. The van der Waals surface area contributed by atoms with E-state index in [-0.39, 0.29) is 5.88 Å². The summed E-state index contributed by atoms with van der Waals surface area (Å²) in [4.78, 5) is 3.67. The molecule has 0 saturated heterocycles. The maximum Gasteiger partial charge on any atom is 0.388 e. The Labute approximate surface area is 95.7 Å². The number of pyridine rings is 1. The summed E-state index contributed by atoms with van der Waals surface area (Å²) < 4.78 is 41.3. The highest BCUT2D eigenvalue weighted by molar-refractivity contribution is 5.63. The number of rotatable bonds is 3.